The van der Waals surface area contributed by atoms with Gasteiger partial charge >= 0.3 is 0 Å². The van der Waals surface area contributed by atoms with Crippen molar-refractivity contribution in [3.8, 4) is 11.5 Å². The predicted molar refractivity (Wildman–Crippen MR) is 97.1 cm³/mol. The van der Waals surface area contributed by atoms with Gasteiger partial charge in [0.2, 0.25) is 0 Å². The molecule has 24 heavy (non-hydrogen) atoms. The average Bonchev–Trinajstić information content (AvgIpc) is 2.53. The number of rotatable bonds is 7. The molecule has 6 nitrogen and oxygen atoms in total. The number of hydrogen-bond acceptors (Lipinski definition) is 6. The number of nitrogens with zero attached hydrogens (tertiary/aromatic N) is 2. The van der Waals surface area contributed by atoms with E-state index in [1.807, 2.05) is 24.3 Å². The molecule has 6 heteroatoms. The van der Waals surface area contributed by atoms with E-state index in [9.17, 15) is 0 Å². The Morgan fingerprint density at radius 3 is 2.33 bits per heavy atom. The van der Waals surface area contributed by atoms with Crippen molar-refractivity contribution < 1.29 is 9.47 Å². The molecule has 0 aliphatic carbocycles. The van der Waals surface area contributed by atoms with Gasteiger partial charge in [0, 0.05) is 18.2 Å². The van der Waals surface area contributed by atoms with Crippen LogP contribution in [0.1, 0.15) is 26.3 Å². The lowest BCUT2D eigenvalue weighted by molar-refractivity contribution is 0.354. The van der Waals surface area contributed by atoms with E-state index in [1.54, 1.807) is 20.5 Å². The number of anilines is 2. The van der Waals surface area contributed by atoms with Crippen LogP contribution in [-0.2, 0) is 6.42 Å². The summed E-state index contributed by atoms with van der Waals surface area (Å²) >= 11 is 0. The summed E-state index contributed by atoms with van der Waals surface area (Å²) in [4.78, 5) is 8.49. The largest absolute Gasteiger partial charge is 0.493 e. The van der Waals surface area contributed by atoms with Crippen molar-refractivity contribution in [1.29, 1.82) is 0 Å². The van der Waals surface area contributed by atoms with E-state index in [0.29, 0.717) is 0 Å². The summed E-state index contributed by atoms with van der Waals surface area (Å²) in [5.74, 6) is 3.10. The Hall–Kier alpha value is -2.50. The van der Waals surface area contributed by atoms with Gasteiger partial charge in [-0.15, -0.1) is 0 Å². The first-order valence-corrected chi connectivity index (χ1v) is 7.96. The summed E-state index contributed by atoms with van der Waals surface area (Å²) in [5, 5.41) is 6.66. The van der Waals surface area contributed by atoms with E-state index >= 15 is 0 Å². The molecule has 1 aromatic carbocycles. The number of ether oxygens (including phenoxy) is 2. The maximum Gasteiger partial charge on any atom is 0.160 e. The smallest absolute Gasteiger partial charge is 0.160 e. The lowest BCUT2D eigenvalue weighted by Crippen LogP contribution is -2.26. The minimum atomic E-state index is -0.0364. The molecule has 0 aliphatic rings. The molecule has 2 rings (SSSR count). The van der Waals surface area contributed by atoms with Gasteiger partial charge < -0.3 is 20.1 Å². The Bertz CT molecular complexity index is 668. The Morgan fingerprint density at radius 1 is 0.958 bits per heavy atom. The second kappa shape index (κ2) is 7.86. The Kier molecular flexibility index (Phi) is 5.84. The fourth-order valence-electron chi connectivity index (χ4n) is 2.28. The number of hydrogen-bond donors (Lipinski definition) is 2. The Labute approximate surface area is 143 Å². The van der Waals surface area contributed by atoms with Crippen molar-refractivity contribution in [2.45, 2.75) is 32.7 Å². The third-order valence-electron chi connectivity index (χ3n) is 3.34. The highest BCUT2D eigenvalue weighted by Crippen LogP contribution is 2.27. The zero-order chi connectivity index (χ0) is 17.6. The maximum absolute atomic E-state index is 5.33. The van der Waals surface area contributed by atoms with Gasteiger partial charge in [0.05, 0.1) is 14.2 Å². The van der Waals surface area contributed by atoms with E-state index in [1.165, 1.54) is 5.56 Å². The Morgan fingerprint density at radius 2 is 1.67 bits per heavy atom. The number of nitrogens with one attached hydrogen (secondary N) is 2. The standard InChI is InChI=1S/C18H26N4O2/c1-18(2,3)22-17-11-16(20-12-21-17)19-9-8-13-6-7-14(23-4)15(10-13)24-5/h6-7,10-12H,8-9H2,1-5H3,(H2,19,20,21,22). The molecule has 130 valence electrons. The molecule has 0 bridgehead atoms. The molecule has 0 radical (unpaired) electrons. The molecule has 1 aromatic heterocycles. The molecule has 0 saturated heterocycles. The minimum absolute atomic E-state index is 0.0364. The van der Waals surface area contributed by atoms with Crippen molar-refractivity contribution >= 4 is 11.6 Å². The lowest BCUT2D eigenvalue weighted by Gasteiger charge is -2.21. The molecule has 2 N–H and O–H groups in total. The Balaban J connectivity index is 1.93. The van der Waals surface area contributed by atoms with Gasteiger partial charge in [0.15, 0.2) is 11.5 Å². The molecule has 0 atom stereocenters. The monoisotopic (exact) mass is 330 g/mol. The maximum atomic E-state index is 5.33. The third kappa shape index (κ3) is 5.30. The summed E-state index contributed by atoms with van der Waals surface area (Å²) in [6, 6.07) is 7.87. The minimum Gasteiger partial charge on any atom is -0.493 e. The molecule has 2 aromatic rings. The SMILES string of the molecule is COc1ccc(CCNc2cc(NC(C)(C)C)ncn2)cc1OC. The van der Waals surface area contributed by atoms with Gasteiger partial charge in [0.25, 0.3) is 0 Å². The fourth-order valence-corrected chi connectivity index (χ4v) is 2.28. The van der Waals surface area contributed by atoms with E-state index < -0.39 is 0 Å². The quantitative estimate of drug-likeness (QED) is 0.811. The van der Waals surface area contributed by atoms with Crippen molar-refractivity contribution in [3.05, 3.63) is 36.2 Å². The zero-order valence-corrected chi connectivity index (χ0v) is 15.0. The molecule has 0 fully saturated rings. The number of aromatic nitrogens is 2. The second-order valence-electron chi connectivity index (χ2n) is 6.53. The van der Waals surface area contributed by atoms with Gasteiger partial charge in [-0.05, 0) is 44.9 Å². The first-order chi connectivity index (χ1) is 11.4. The van der Waals surface area contributed by atoms with Crippen LogP contribution in [0.15, 0.2) is 30.6 Å². The third-order valence-corrected chi connectivity index (χ3v) is 3.34. The average molecular weight is 330 g/mol. The van der Waals surface area contributed by atoms with Gasteiger partial charge in [-0.3, -0.25) is 0 Å². The van der Waals surface area contributed by atoms with E-state index in [0.717, 1.165) is 36.1 Å². The van der Waals surface area contributed by atoms with Crippen molar-refractivity contribution in [2.75, 3.05) is 31.4 Å². The summed E-state index contributed by atoms with van der Waals surface area (Å²) < 4.78 is 10.6. The highest BCUT2D eigenvalue weighted by atomic mass is 16.5. The first-order valence-electron chi connectivity index (χ1n) is 7.96. The van der Waals surface area contributed by atoms with Crippen molar-refractivity contribution in [2.24, 2.45) is 0 Å². The normalized spacial score (nSPS) is 11.0. The van der Waals surface area contributed by atoms with Crippen LogP contribution in [0.3, 0.4) is 0 Å². The molecule has 0 aliphatic heterocycles. The summed E-state index contributed by atoms with van der Waals surface area (Å²) in [5.41, 5.74) is 1.13. The highest BCUT2D eigenvalue weighted by Gasteiger charge is 2.10. The van der Waals surface area contributed by atoms with Crippen LogP contribution in [0.2, 0.25) is 0 Å². The predicted octanol–water partition coefficient (Wildman–Crippen LogP) is 3.36. The molecular formula is C18H26N4O2. The zero-order valence-electron chi connectivity index (χ0n) is 15.0. The molecule has 0 saturated carbocycles. The topological polar surface area (TPSA) is 68.3 Å². The van der Waals surface area contributed by atoms with Gasteiger partial charge in [0.1, 0.15) is 18.0 Å². The van der Waals surface area contributed by atoms with Gasteiger partial charge in [-0.25, -0.2) is 9.97 Å². The van der Waals surface area contributed by atoms with Crippen molar-refractivity contribution in [1.82, 2.24) is 9.97 Å². The second-order valence-corrected chi connectivity index (χ2v) is 6.53. The summed E-state index contributed by atoms with van der Waals surface area (Å²) in [7, 11) is 3.28. The van der Waals surface area contributed by atoms with Gasteiger partial charge in [-0.1, -0.05) is 6.07 Å². The molecule has 0 amide bonds. The number of methoxy groups -OCH3 is 2. The fraction of sp³-hybridized carbons (Fsp3) is 0.444. The van der Waals surface area contributed by atoms with E-state index in [2.05, 4.69) is 41.4 Å². The van der Waals surface area contributed by atoms with E-state index in [4.69, 9.17) is 9.47 Å². The van der Waals surface area contributed by atoms with Crippen LogP contribution in [0.4, 0.5) is 11.6 Å². The molecule has 0 unspecified atom stereocenters. The molecular weight excluding hydrogens is 304 g/mol. The summed E-state index contributed by atoms with van der Waals surface area (Å²) in [6.07, 6.45) is 2.42. The van der Waals surface area contributed by atoms with Crippen LogP contribution >= 0.6 is 0 Å². The van der Waals surface area contributed by atoms with Crippen LogP contribution in [0, 0.1) is 0 Å². The highest BCUT2D eigenvalue weighted by molar-refractivity contribution is 5.48. The lowest BCUT2D eigenvalue weighted by atomic mass is 10.1. The van der Waals surface area contributed by atoms with Gasteiger partial charge in [-0.2, -0.15) is 0 Å². The van der Waals surface area contributed by atoms with Crippen molar-refractivity contribution in [3.63, 3.8) is 0 Å². The first kappa shape index (κ1) is 17.8. The molecule has 0 spiro atoms. The summed E-state index contributed by atoms with van der Waals surface area (Å²) in [6.45, 7) is 7.05. The number of benzene rings is 1. The van der Waals surface area contributed by atoms with Crippen LogP contribution in [0.25, 0.3) is 0 Å². The van der Waals surface area contributed by atoms with Crippen LogP contribution in [-0.4, -0.2) is 36.3 Å². The van der Waals surface area contributed by atoms with E-state index in [-0.39, 0.29) is 5.54 Å². The van der Waals surface area contributed by atoms with Crippen LogP contribution < -0.4 is 20.1 Å². The van der Waals surface area contributed by atoms with Crippen LogP contribution in [0.5, 0.6) is 11.5 Å². The molecule has 1 heterocycles.